The summed E-state index contributed by atoms with van der Waals surface area (Å²) in [5.74, 6) is -0.00756. The zero-order valence-electron chi connectivity index (χ0n) is 17.2. The molecule has 2 N–H and O–H groups in total. The Morgan fingerprint density at radius 2 is 1.65 bits per heavy atom. The third-order valence-corrected chi connectivity index (χ3v) is 7.14. The van der Waals surface area contributed by atoms with Crippen molar-refractivity contribution in [2.24, 2.45) is 5.41 Å². The Bertz CT molecular complexity index is 847. The number of hydrogen-bond acceptors (Lipinski definition) is 4. The van der Waals surface area contributed by atoms with Gasteiger partial charge in [-0.2, -0.15) is 13.2 Å². The summed E-state index contributed by atoms with van der Waals surface area (Å²) in [7, 11) is 0. The number of amides is 2. The molecule has 9 heteroatoms. The van der Waals surface area contributed by atoms with Crippen LogP contribution in [0.5, 0.6) is 0 Å². The zero-order valence-corrected chi connectivity index (χ0v) is 17.2. The third-order valence-electron chi connectivity index (χ3n) is 7.14. The monoisotopic (exact) mass is 440 g/mol. The van der Waals surface area contributed by atoms with Crippen LogP contribution in [0, 0.1) is 5.41 Å². The number of carbonyl (C=O) groups excluding carboxylic acids is 2. The van der Waals surface area contributed by atoms with Gasteiger partial charge in [-0.25, -0.2) is 0 Å². The van der Waals surface area contributed by atoms with Crippen molar-refractivity contribution in [1.29, 1.82) is 0 Å². The predicted molar refractivity (Wildman–Crippen MR) is 106 cm³/mol. The molecular formula is C22H27F3N2O4. The van der Waals surface area contributed by atoms with E-state index in [1.54, 1.807) is 9.80 Å². The Balaban J connectivity index is 1.41. The van der Waals surface area contributed by atoms with Crippen LogP contribution >= 0.6 is 0 Å². The maximum Gasteiger partial charge on any atom is 0.418 e. The van der Waals surface area contributed by atoms with Crippen molar-refractivity contribution in [2.45, 2.75) is 62.8 Å². The molecule has 0 aromatic heterocycles. The van der Waals surface area contributed by atoms with Gasteiger partial charge in [0.2, 0.25) is 11.8 Å². The molecule has 4 rings (SSSR count). The first kappa shape index (κ1) is 22.1. The van der Waals surface area contributed by atoms with Crippen LogP contribution in [0.4, 0.5) is 18.9 Å². The second-order valence-electron chi connectivity index (χ2n) is 9.17. The summed E-state index contributed by atoms with van der Waals surface area (Å²) in [6.45, 7) is 1.43. The molecule has 1 aromatic rings. The fraction of sp³-hybridized carbons (Fsp3) is 0.636. The van der Waals surface area contributed by atoms with E-state index in [4.69, 9.17) is 0 Å². The number of rotatable bonds is 4. The molecule has 170 valence electrons. The van der Waals surface area contributed by atoms with Gasteiger partial charge in [0.05, 0.1) is 11.0 Å². The fourth-order valence-electron chi connectivity index (χ4n) is 5.13. The van der Waals surface area contributed by atoms with Gasteiger partial charge in [0.15, 0.2) is 6.10 Å². The minimum absolute atomic E-state index is 0.0657. The number of aliphatic hydroxyl groups is 2. The molecule has 1 aliphatic carbocycles. The lowest BCUT2D eigenvalue weighted by Gasteiger charge is -2.42. The molecule has 1 atom stereocenters. The highest BCUT2D eigenvalue weighted by Crippen LogP contribution is 2.49. The average molecular weight is 440 g/mol. The number of benzene rings is 1. The first-order valence-corrected chi connectivity index (χ1v) is 10.7. The number of aliphatic hydroxyl groups excluding tert-OH is 1. The highest BCUT2D eigenvalue weighted by molar-refractivity contribution is 6.00. The van der Waals surface area contributed by atoms with Crippen molar-refractivity contribution in [2.75, 3.05) is 24.5 Å². The maximum atomic E-state index is 13.2. The second-order valence-corrected chi connectivity index (χ2v) is 9.17. The maximum absolute atomic E-state index is 13.2. The molecule has 0 radical (unpaired) electrons. The molecule has 0 unspecified atom stereocenters. The van der Waals surface area contributed by atoms with Crippen LogP contribution < -0.4 is 4.90 Å². The topological polar surface area (TPSA) is 81.1 Å². The number of hydrogen-bond donors (Lipinski definition) is 2. The van der Waals surface area contributed by atoms with Crippen molar-refractivity contribution >= 4 is 17.5 Å². The van der Waals surface area contributed by atoms with Crippen LogP contribution in [-0.2, 0) is 9.59 Å². The van der Waals surface area contributed by atoms with Crippen molar-refractivity contribution in [3.05, 3.63) is 29.8 Å². The van der Waals surface area contributed by atoms with Crippen LogP contribution in [0.1, 0.15) is 56.6 Å². The van der Waals surface area contributed by atoms with E-state index in [1.807, 2.05) is 0 Å². The van der Waals surface area contributed by atoms with Crippen LogP contribution in [0.15, 0.2) is 24.3 Å². The van der Waals surface area contributed by atoms with Crippen molar-refractivity contribution in [3.8, 4) is 0 Å². The number of likely N-dealkylation sites (tertiary alicyclic amines) is 1. The highest BCUT2D eigenvalue weighted by Gasteiger charge is 2.52. The standard InChI is InChI=1S/C22H27F3N2O4/c23-22(24,25)18(29)15-3-5-16(6-4-15)27-13-11-20(19(27)30)7-9-21(31,10-8-20)14-26-12-1-2-17(26)28/h3-6,18,29,31H,1-2,7-14H2/t18-,20?,21?/m1/s1. The van der Waals surface area contributed by atoms with Gasteiger partial charge < -0.3 is 20.0 Å². The Hall–Kier alpha value is -2.13. The Kier molecular flexibility index (Phi) is 5.54. The van der Waals surface area contributed by atoms with Crippen LogP contribution in [0.25, 0.3) is 0 Å². The van der Waals surface area contributed by atoms with E-state index in [-0.39, 0.29) is 17.4 Å². The van der Waals surface area contributed by atoms with Gasteiger partial charge in [-0.15, -0.1) is 0 Å². The lowest BCUT2D eigenvalue weighted by atomic mass is 9.67. The van der Waals surface area contributed by atoms with Crippen LogP contribution in [-0.4, -0.2) is 58.3 Å². The molecule has 1 saturated carbocycles. The van der Waals surface area contributed by atoms with Crippen LogP contribution in [0.3, 0.4) is 0 Å². The van der Waals surface area contributed by atoms with Crippen molar-refractivity contribution < 1.29 is 33.0 Å². The first-order chi connectivity index (χ1) is 14.5. The van der Waals surface area contributed by atoms with Gasteiger partial charge in [-0.3, -0.25) is 9.59 Å². The quantitative estimate of drug-likeness (QED) is 0.755. The Labute approximate surface area is 178 Å². The van der Waals surface area contributed by atoms with E-state index in [1.165, 1.54) is 24.3 Å². The molecule has 6 nitrogen and oxygen atoms in total. The van der Waals surface area contributed by atoms with Crippen LogP contribution in [0.2, 0.25) is 0 Å². The molecule has 0 bridgehead atoms. The van der Waals surface area contributed by atoms with Gasteiger partial charge in [0, 0.05) is 31.7 Å². The minimum atomic E-state index is -4.74. The summed E-state index contributed by atoms with van der Waals surface area (Å²) in [4.78, 5) is 28.4. The van der Waals surface area contributed by atoms with E-state index in [0.29, 0.717) is 63.8 Å². The third kappa shape index (κ3) is 4.17. The molecule has 2 aliphatic heterocycles. The lowest BCUT2D eigenvalue weighted by molar-refractivity contribution is -0.206. The predicted octanol–water partition coefficient (Wildman–Crippen LogP) is 2.93. The van der Waals surface area contributed by atoms with Crippen molar-refractivity contribution in [1.82, 2.24) is 4.90 Å². The Morgan fingerprint density at radius 1 is 1.00 bits per heavy atom. The van der Waals surface area contributed by atoms with E-state index >= 15 is 0 Å². The summed E-state index contributed by atoms with van der Waals surface area (Å²) in [5.41, 5.74) is -1.32. The SMILES string of the molecule is O=C1CCCN1CC1(O)CCC2(CCN(c3ccc([C@@H](O)C(F)(F)F)cc3)C2=O)CC1. The molecule has 31 heavy (non-hydrogen) atoms. The Morgan fingerprint density at radius 3 is 2.19 bits per heavy atom. The molecular weight excluding hydrogens is 413 g/mol. The fourth-order valence-corrected chi connectivity index (χ4v) is 5.13. The normalized spacial score (nSPS) is 30.5. The van der Waals surface area contributed by atoms with Gasteiger partial charge >= 0.3 is 6.18 Å². The molecule has 2 heterocycles. The van der Waals surface area contributed by atoms with E-state index < -0.39 is 23.3 Å². The van der Waals surface area contributed by atoms with Crippen molar-refractivity contribution in [3.63, 3.8) is 0 Å². The van der Waals surface area contributed by atoms with E-state index in [2.05, 4.69) is 0 Å². The van der Waals surface area contributed by atoms with Gasteiger partial charge in [-0.1, -0.05) is 12.1 Å². The molecule has 3 fully saturated rings. The first-order valence-electron chi connectivity index (χ1n) is 10.7. The van der Waals surface area contributed by atoms with E-state index in [0.717, 1.165) is 6.42 Å². The molecule has 2 amide bonds. The largest absolute Gasteiger partial charge is 0.418 e. The van der Waals surface area contributed by atoms with E-state index in [9.17, 15) is 33.0 Å². The summed E-state index contributed by atoms with van der Waals surface area (Å²) >= 11 is 0. The van der Waals surface area contributed by atoms with Gasteiger partial charge in [0.1, 0.15) is 0 Å². The second kappa shape index (κ2) is 7.78. The zero-order chi connectivity index (χ0) is 22.4. The number of β-amino-alcohol motifs (C(OH)–C–C–N with tert-alkyl or cyclic N) is 1. The smallest absolute Gasteiger partial charge is 0.388 e. The minimum Gasteiger partial charge on any atom is -0.388 e. The number of alkyl halides is 3. The average Bonchev–Trinajstić information content (AvgIpc) is 3.27. The van der Waals surface area contributed by atoms with Gasteiger partial charge in [0.25, 0.3) is 0 Å². The lowest BCUT2D eigenvalue weighted by Crippen LogP contribution is -2.49. The number of halogens is 3. The summed E-state index contributed by atoms with van der Waals surface area (Å²) in [5, 5.41) is 20.4. The number of carbonyl (C=O) groups is 2. The molecule has 1 spiro atoms. The molecule has 3 aliphatic rings. The number of nitrogens with zero attached hydrogens (tertiary/aromatic N) is 2. The summed E-state index contributed by atoms with van der Waals surface area (Å²) < 4.78 is 38.1. The summed E-state index contributed by atoms with van der Waals surface area (Å²) in [6.07, 6.45) is -3.43. The highest BCUT2D eigenvalue weighted by atomic mass is 19.4. The summed E-state index contributed by atoms with van der Waals surface area (Å²) in [6, 6.07) is 5.25. The molecule has 2 saturated heterocycles. The van der Waals surface area contributed by atoms with Gasteiger partial charge in [-0.05, 0) is 56.2 Å². The number of anilines is 1. The molecule has 1 aromatic carbocycles.